The average molecular weight is 485 g/mol. The first-order valence-electron chi connectivity index (χ1n) is 10.2. The average Bonchev–Trinajstić information content (AvgIpc) is 3.46. The molecule has 0 bridgehead atoms. The minimum Gasteiger partial charge on any atom is -0.467 e. The van der Waals surface area contributed by atoms with Gasteiger partial charge in [0.05, 0.1) is 17.7 Å². The molecule has 0 saturated heterocycles. The van der Waals surface area contributed by atoms with Crippen LogP contribution in [0.5, 0.6) is 0 Å². The molecule has 1 aromatic carbocycles. The Balaban J connectivity index is 1.40. The van der Waals surface area contributed by atoms with Crippen molar-refractivity contribution in [3.8, 4) is 0 Å². The Kier molecular flexibility index (Phi) is 7.10. The molecule has 1 amide bonds. The summed E-state index contributed by atoms with van der Waals surface area (Å²) in [4.78, 5) is 33.6. The second kappa shape index (κ2) is 10.2. The Bertz CT molecular complexity index is 1160. The smallest absolute Gasteiger partial charge is 0.316 e. The fourth-order valence-electron chi connectivity index (χ4n) is 3.39. The first-order valence-corrected chi connectivity index (χ1v) is 11.5. The van der Waals surface area contributed by atoms with Gasteiger partial charge >= 0.3 is 5.97 Å². The number of aryl methyl sites for hydroxylation is 2. The van der Waals surface area contributed by atoms with E-state index in [0.717, 1.165) is 34.4 Å². The molecule has 1 atom stereocenters. The van der Waals surface area contributed by atoms with Crippen LogP contribution in [0.2, 0.25) is 5.02 Å². The highest BCUT2D eigenvalue weighted by atomic mass is 35.5. The number of benzene rings is 1. The molecule has 8 nitrogen and oxygen atoms in total. The highest BCUT2D eigenvalue weighted by molar-refractivity contribution is 7.99. The van der Waals surface area contributed by atoms with Gasteiger partial charge in [-0.2, -0.15) is 5.10 Å². The number of thioether (sulfide) groups is 1. The van der Waals surface area contributed by atoms with E-state index in [1.54, 1.807) is 30.5 Å². The summed E-state index contributed by atoms with van der Waals surface area (Å²) in [6.07, 6.45) is 2.01. The summed E-state index contributed by atoms with van der Waals surface area (Å²) >= 11 is 7.14. The van der Waals surface area contributed by atoms with E-state index in [2.05, 4.69) is 15.1 Å². The number of rotatable bonds is 7. The molecule has 33 heavy (non-hydrogen) atoms. The number of hydrogen-bond donors (Lipinski definition) is 0. The number of aromatic nitrogens is 2. The minimum atomic E-state index is -0.535. The van der Waals surface area contributed by atoms with Crippen LogP contribution >= 0.6 is 23.4 Å². The van der Waals surface area contributed by atoms with Crippen molar-refractivity contribution < 1.29 is 18.7 Å². The van der Waals surface area contributed by atoms with E-state index >= 15 is 0 Å². The first-order chi connectivity index (χ1) is 15.9. The van der Waals surface area contributed by atoms with Crippen LogP contribution in [0.1, 0.15) is 35.2 Å². The van der Waals surface area contributed by atoms with Crippen molar-refractivity contribution in [3.63, 3.8) is 0 Å². The molecule has 1 aliphatic rings. The third-order valence-corrected chi connectivity index (χ3v) is 5.93. The summed E-state index contributed by atoms with van der Waals surface area (Å²) in [6.45, 7) is 3.29. The fraction of sp³-hybridized carbons (Fsp3) is 0.261. The number of ether oxygens (including phenoxy) is 1. The molecule has 0 radical (unpaired) electrons. The summed E-state index contributed by atoms with van der Waals surface area (Å²) in [5, 5.41) is 6.92. The second-order valence-corrected chi connectivity index (χ2v) is 8.79. The van der Waals surface area contributed by atoms with Crippen molar-refractivity contribution >= 4 is 41.0 Å². The van der Waals surface area contributed by atoms with Gasteiger partial charge in [-0.25, -0.2) is 15.0 Å². The van der Waals surface area contributed by atoms with E-state index in [4.69, 9.17) is 20.8 Å². The minimum absolute atomic E-state index is 0.00290. The molecule has 1 aliphatic heterocycles. The van der Waals surface area contributed by atoms with Crippen molar-refractivity contribution in [2.45, 2.75) is 31.5 Å². The zero-order valence-corrected chi connectivity index (χ0v) is 19.6. The van der Waals surface area contributed by atoms with Crippen LogP contribution in [-0.2, 0) is 14.3 Å². The lowest BCUT2D eigenvalue weighted by Crippen LogP contribution is -2.31. The molecule has 10 heteroatoms. The zero-order valence-electron chi connectivity index (χ0n) is 18.0. The molecule has 2 aromatic heterocycles. The second-order valence-electron chi connectivity index (χ2n) is 7.41. The molecule has 0 aliphatic carbocycles. The highest BCUT2D eigenvalue weighted by Gasteiger charge is 2.35. The molecule has 1 unspecified atom stereocenters. The Morgan fingerprint density at radius 2 is 1.91 bits per heavy atom. The number of carbonyl (C=O) groups is 2. The number of furan rings is 1. The van der Waals surface area contributed by atoms with E-state index in [9.17, 15) is 9.59 Å². The van der Waals surface area contributed by atoms with E-state index in [1.165, 1.54) is 5.01 Å². The van der Waals surface area contributed by atoms with Gasteiger partial charge in [0.1, 0.15) is 11.8 Å². The maximum absolute atomic E-state index is 12.9. The maximum atomic E-state index is 12.9. The summed E-state index contributed by atoms with van der Waals surface area (Å²) in [6, 6.07) is 12.2. The lowest BCUT2D eigenvalue weighted by Gasteiger charge is -2.19. The normalized spacial score (nSPS) is 15.4. The van der Waals surface area contributed by atoms with Crippen molar-refractivity contribution in [3.05, 3.63) is 76.5 Å². The Morgan fingerprint density at radius 3 is 2.58 bits per heavy atom. The SMILES string of the molecule is Cc1cc(C)nc(SCC(=O)OCC(=O)N2N=C(c3ccc(Cl)cc3)CC2c2ccco2)n1. The summed E-state index contributed by atoms with van der Waals surface area (Å²) in [5.74, 6) is -0.380. The van der Waals surface area contributed by atoms with Gasteiger partial charge in [0, 0.05) is 22.8 Å². The van der Waals surface area contributed by atoms with Crippen molar-refractivity contribution in [2.24, 2.45) is 5.10 Å². The first kappa shape index (κ1) is 23.0. The monoisotopic (exact) mass is 484 g/mol. The number of amides is 1. The van der Waals surface area contributed by atoms with Gasteiger partial charge in [-0.3, -0.25) is 9.59 Å². The standard InChI is InChI=1S/C23H21ClN4O4S/c1-14-10-15(2)26-23(25-14)33-13-22(30)32-12-21(29)28-19(20-4-3-9-31-20)11-18(27-28)16-5-7-17(24)8-6-16/h3-10,19H,11-13H2,1-2H3. The fourth-order valence-corrected chi connectivity index (χ4v) is 4.26. The molecule has 0 spiro atoms. The Labute approximate surface area is 200 Å². The number of esters is 1. The third-order valence-electron chi connectivity index (χ3n) is 4.85. The third kappa shape index (κ3) is 5.80. The van der Waals surface area contributed by atoms with Crippen LogP contribution in [0.4, 0.5) is 0 Å². The number of carbonyl (C=O) groups excluding carboxylic acids is 2. The van der Waals surface area contributed by atoms with Crippen molar-refractivity contribution in [1.29, 1.82) is 0 Å². The molecule has 4 rings (SSSR count). The molecule has 170 valence electrons. The number of hydrazone groups is 1. The van der Waals surface area contributed by atoms with Crippen LogP contribution in [0.3, 0.4) is 0 Å². The topological polar surface area (TPSA) is 97.9 Å². The quantitative estimate of drug-likeness (QED) is 0.279. The highest BCUT2D eigenvalue weighted by Crippen LogP contribution is 2.33. The Morgan fingerprint density at radius 1 is 1.18 bits per heavy atom. The molecule has 3 aromatic rings. The van der Waals surface area contributed by atoms with E-state index in [0.29, 0.717) is 22.4 Å². The van der Waals surface area contributed by atoms with E-state index in [-0.39, 0.29) is 5.75 Å². The molecule has 3 heterocycles. The van der Waals surface area contributed by atoms with Gasteiger partial charge in [0.15, 0.2) is 11.8 Å². The van der Waals surface area contributed by atoms with Gasteiger partial charge in [0.25, 0.3) is 5.91 Å². The van der Waals surface area contributed by atoms with E-state index < -0.39 is 24.5 Å². The van der Waals surface area contributed by atoms with Gasteiger partial charge in [0.2, 0.25) is 0 Å². The Hall–Kier alpha value is -3.17. The van der Waals surface area contributed by atoms with Crippen LogP contribution in [-0.4, -0.2) is 44.9 Å². The lowest BCUT2D eigenvalue weighted by atomic mass is 10.0. The summed E-state index contributed by atoms with van der Waals surface area (Å²) in [5.41, 5.74) is 3.21. The molecule has 0 fully saturated rings. The van der Waals surface area contributed by atoms with Gasteiger partial charge in [-0.1, -0.05) is 35.5 Å². The van der Waals surface area contributed by atoms with Gasteiger partial charge in [-0.05, 0) is 49.7 Å². The maximum Gasteiger partial charge on any atom is 0.316 e. The van der Waals surface area contributed by atoms with Gasteiger partial charge in [-0.15, -0.1) is 0 Å². The van der Waals surface area contributed by atoms with Crippen molar-refractivity contribution in [2.75, 3.05) is 12.4 Å². The van der Waals surface area contributed by atoms with Crippen LogP contribution < -0.4 is 0 Å². The number of nitrogens with zero attached hydrogens (tertiary/aromatic N) is 4. The molecular formula is C23H21ClN4O4S. The predicted molar refractivity (Wildman–Crippen MR) is 124 cm³/mol. The summed E-state index contributed by atoms with van der Waals surface area (Å²) in [7, 11) is 0. The predicted octanol–water partition coefficient (Wildman–Crippen LogP) is 4.35. The largest absolute Gasteiger partial charge is 0.467 e. The number of halogens is 1. The van der Waals surface area contributed by atoms with Crippen LogP contribution in [0.25, 0.3) is 0 Å². The molecular weight excluding hydrogens is 464 g/mol. The number of hydrogen-bond acceptors (Lipinski definition) is 8. The summed E-state index contributed by atoms with van der Waals surface area (Å²) < 4.78 is 10.7. The van der Waals surface area contributed by atoms with Gasteiger partial charge < -0.3 is 9.15 Å². The van der Waals surface area contributed by atoms with Crippen LogP contribution in [0, 0.1) is 13.8 Å². The molecule has 0 N–H and O–H groups in total. The van der Waals surface area contributed by atoms with Crippen LogP contribution in [0.15, 0.2) is 63.4 Å². The van der Waals surface area contributed by atoms with E-state index in [1.807, 2.05) is 32.0 Å². The zero-order chi connectivity index (χ0) is 23.4. The van der Waals surface area contributed by atoms with Crippen molar-refractivity contribution in [1.82, 2.24) is 15.0 Å². The lowest BCUT2D eigenvalue weighted by molar-refractivity contribution is -0.150. The molecule has 0 saturated carbocycles.